The molecular weight excluding hydrogens is 304 g/mol. The van der Waals surface area contributed by atoms with Gasteiger partial charge < -0.3 is 14.6 Å². The third kappa shape index (κ3) is 4.37. The van der Waals surface area contributed by atoms with Crippen LogP contribution in [-0.4, -0.2) is 30.6 Å². The van der Waals surface area contributed by atoms with Crippen molar-refractivity contribution in [1.82, 2.24) is 0 Å². The SMILES string of the molecule is COC(=O)C1C(O)O[C@H](CCC(C)(C)C)[C@H](C)[C@@H]1c1ccccc1. The van der Waals surface area contributed by atoms with E-state index in [1.807, 2.05) is 30.3 Å². The molecule has 0 bridgehead atoms. The molecule has 5 atom stereocenters. The fourth-order valence-corrected chi connectivity index (χ4v) is 3.61. The molecule has 4 nitrogen and oxygen atoms in total. The van der Waals surface area contributed by atoms with Gasteiger partial charge in [0.15, 0.2) is 6.29 Å². The number of carbonyl (C=O) groups is 1. The fourth-order valence-electron chi connectivity index (χ4n) is 3.61. The van der Waals surface area contributed by atoms with Gasteiger partial charge in [-0.05, 0) is 29.7 Å². The number of rotatable bonds is 4. The van der Waals surface area contributed by atoms with Gasteiger partial charge in [-0.1, -0.05) is 58.0 Å². The summed E-state index contributed by atoms with van der Waals surface area (Å²) in [6, 6.07) is 9.89. The number of ether oxygens (including phenoxy) is 2. The summed E-state index contributed by atoms with van der Waals surface area (Å²) in [5.41, 5.74) is 1.25. The van der Waals surface area contributed by atoms with Gasteiger partial charge in [0.2, 0.25) is 0 Å². The molecule has 4 heteroatoms. The van der Waals surface area contributed by atoms with Crippen LogP contribution >= 0.6 is 0 Å². The lowest BCUT2D eigenvalue weighted by Gasteiger charge is -2.44. The molecule has 1 heterocycles. The number of benzene rings is 1. The van der Waals surface area contributed by atoms with E-state index in [9.17, 15) is 9.90 Å². The molecule has 1 N–H and O–H groups in total. The van der Waals surface area contributed by atoms with E-state index in [1.54, 1.807) is 0 Å². The zero-order chi connectivity index (χ0) is 17.9. The summed E-state index contributed by atoms with van der Waals surface area (Å²) in [6.45, 7) is 8.70. The lowest BCUT2D eigenvalue weighted by Crippen LogP contribution is -2.49. The van der Waals surface area contributed by atoms with E-state index in [1.165, 1.54) is 7.11 Å². The van der Waals surface area contributed by atoms with Gasteiger partial charge in [0.1, 0.15) is 5.92 Å². The molecule has 0 spiro atoms. The fraction of sp³-hybridized carbons (Fsp3) is 0.650. The molecule has 1 aliphatic rings. The van der Waals surface area contributed by atoms with Crippen LogP contribution in [0.15, 0.2) is 30.3 Å². The second-order valence-electron chi connectivity index (χ2n) is 8.01. The highest BCUT2D eigenvalue weighted by atomic mass is 16.6. The van der Waals surface area contributed by atoms with Gasteiger partial charge in [0.25, 0.3) is 0 Å². The van der Waals surface area contributed by atoms with Crippen molar-refractivity contribution in [2.75, 3.05) is 7.11 Å². The van der Waals surface area contributed by atoms with Crippen LogP contribution in [0.3, 0.4) is 0 Å². The Balaban J connectivity index is 2.29. The van der Waals surface area contributed by atoms with Crippen LogP contribution in [0.25, 0.3) is 0 Å². The van der Waals surface area contributed by atoms with Crippen LogP contribution < -0.4 is 0 Å². The molecule has 0 saturated carbocycles. The van der Waals surface area contributed by atoms with Gasteiger partial charge in [-0.2, -0.15) is 0 Å². The number of hydrogen-bond donors (Lipinski definition) is 1. The van der Waals surface area contributed by atoms with Gasteiger partial charge in [-0.15, -0.1) is 0 Å². The number of hydrogen-bond acceptors (Lipinski definition) is 4. The second-order valence-corrected chi connectivity index (χ2v) is 8.01. The Kier molecular flexibility index (Phi) is 6.05. The minimum absolute atomic E-state index is 0.0784. The maximum atomic E-state index is 12.3. The summed E-state index contributed by atoms with van der Waals surface area (Å²) in [4.78, 5) is 12.3. The number of carbonyl (C=O) groups excluding carboxylic acids is 1. The summed E-state index contributed by atoms with van der Waals surface area (Å²) >= 11 is 0. The normalized spacial score (nSPS) is 30.8. The topological polar surface area (TPSA) is 55.8 Å². The van der Waals surface area contributed by atoms with E-state index in [0.717, 1.165) is 18.4 Å². The van der Waals surface area contributed by atoms with E-state index in [4.69, 9.17) is 9.47 Å². The maximum Gasteiger partial charge on any atom is 0.314 e. The number of aliphatic hydroxyl groups excluding tert-OH is 1. The number of esters is 1. The number of aliphatic hydroxyl groups is 1. The molecule has 0 aliphatic carbocycles. The molecule has 1 saturated heterocycles. The van der Waals surface area contributed by atoms with Crippen molar-refractivity contribution in [3.05, 3.63) is 35.9 Å². The van der Waals surface area contributed by atoms with Gasteiger partial charge in [-0.3, -0.25) is 4.79 Å². The highest BCUT2D eigenvalue weighted by Gasteiger charge is 2.47. The van der Waals surface area contributed by atoms with Crippen molar-refractivity contribution in [3.8, 4) is 0 Å². The Labute approximate surface area is 145 Å². The molecule has 1 aromatic carbocycles. The molecule has 2 unspecified atom stereocenters. The molecule has 0 radical (unpaired) electrons. The molecule has 0 aromatic heterocycles. The zero-order valence-corrected chi connectivity index (χ0v) is 15.4. The van der Waals surface area contributed by atoms with Crippen LogP contribution in [0.2, 0.25) is 0 Å². The molecular formula is C20H30O4. The lowest BCUT2D eigenvalue weighted by atomic mass is 9.71. The largest absolute Gasteiger partial charge is 0.469 e. The van der Waals surface area contributed by atoms with Crippen LogP contribution in [0.4, 0.5) is 0 Å². The van der Waals surface area contributed by atoms with Crippen molar-refractivity contribution in [1.29, 1.82) is 0 Å². The average Bonchev–Trinajstić information content (AvgIpc) is 2.54. The summed E-state index contributed by atoms with van der Waals surface area (Å²) in [7, 11) is 1.35. The Bertz CT molecular complexity index is 534. The lowest BCUT2D eigenvalue weighted by molar-refractivity contribution is -0.227. The van der Waals surface area contributed by atoms with Crippen LogP contribution in [0.5, 0.6) is 0 Å². The molecule has 134 valence electrons. The highest BCUT2D eigenvalue weighted by Crippen LogP contribution is 2.44. The molecule has 1 fully saturated rings. The first-order valence-electron chi connectivity index (χ1n) is 8.71. The summed E-state index contributed by atoms with van der Waals surface area (Å²) in [6.07, 6.45) is 0.645. The third-order valence-corrected chi connectivity index (χ3v) is 5.00. The first kappa shape index (κ1) is 18.9. The standard InChI is InChI=1S/C20H30O4/c1-13-15(11-12-20(2,3)4)24-19(22)17(18(21)23-5)16(13)14-9-7-6-8-10-14/h6-10,13,15-17,19,22H,11-12H2,1-5H3/t13-,15+,16+,17?,19?/m0/s1. The Hall–Kier alpha value is -1.39. The monoisotopic (exact) mass is 334 g/mol. The van der Waals surface area contributed by atoms with Crippen LogP contribution in [0, 0.1) is 17.3 Å². The van der Waals surface area contributed by atoms with Gasteiger partial charge >= 0.3 is 5.97 Å². The van der Waals surface area contributed by atoms with Crippen molar-refractivity contribution >= 4 is 5.97 Å². The molecule has 24 heavy (non-hydrogen) atoms. The minimum atomic E-state index is -1.14. The van der Waals surface area contributed by atoms with Crippen molar-refractivity contribution in [2.24, 2.45) is 17.3 Å². The molecule has 2 rings (SSSR count). The first-order chi connectivity index (χ1) is 11.2. The van der Waals surface area contributed by atoms with Gasteiger partial charge in [-0.25, -0.2) is 0 Å². The van der Waals surface area contributed by atoms with E-state index < -0.39 is 18.2 Å². The van der Waals surface area contributed by atoms with Crippen LogP contribution in [-0.2, 0) is 14.3 Å². The Morgan fingerprint density at radius 1 is 1.25 bits per heavy atom. The quantitative estimate of drug-likeness (QED) is 0.852. The number of methoxy groups -OCH3 is 1. The van der Waals surface area contributed by atoms with Crippen molar-refractivity contribution < 1.29 is 19.4 Å². The molecule has 1 aromatic rings. The molecule has 0 amide bonds. The summed E-state index contributed by atoms with van der Waals surface area (Å²) in [5.74, 6) is -1.12. The summed E-state index contributed by atoms with van der Waals surface area (Å²) in [5, 5.41) is 10.5. The van der Waals surface area contributed by atoms with E-state index in [-0.39, 0.29) is 23.4 Å². The predicted molar refractivity (Wildman–Crippen MR) is 93.4 cm³/mol. The van der Waals surface area contributed by atoms with Gasteiger partial charge in [0, 0.05) is 5.92 Å². The van der Waals surface area contributed by atoms with Crippen molar-refractivity contribution in [2.45, 2.75) is 58.8 Å². The van der Waals surface area contributed by atoms with Crippen molar-refractivity contribution in [3.63, 3.8) is 0 Å². The first-order valence-corrected chi connectivity index (χ1v) is 8.71. The smallest absolute Gasteiger partial charge is 0.314 e. The summed E-state index contributed by atoms with van der Waals surface area (Å²) < 4.78 is 10.8. The minimum Gasteiger partial charge on any atom is -0.469 e. The van der Waals surface area contributed by atoms with Crippen LogP contribution in [0.1, 0.15) is 52.0 Å². The molecule has 1 aliphatic heterocycles. The average molecular weight is 334 g/mol. The second kappa shape index (κ2) is 7.66. The van der Waals surface area contributed by atoms with E-state index in [0.29, 0.717) is 0 Å². The maximum absolute atomic E-state index is 12.3. The Morgan fingerprint density at radius 3 is 2.42 bits per heavy atom. The predicted octanol–water partition coefficient (Wildman–Crippen LogP) is 3.74. The van der Waals surface area contributed by atoms with Gasteiger partial charge in [0.05, 0.1) is 13.2 Å². The third-order valence-electron chi connectivity index (χ3n) is 5.00. The van der Waals surface area contributed by atoms with E-state index >= 15 is 0 Å². The Morgan fingerprint density at radius 2 is 1.88 bits per heavy atom. The highest BCUT2D eigenvalue weighted by molar-refractivity contribution is 5.74. The van der Waals surface area contributed by atoms with E-state index in [2.05, 4.69) is 27.7 Å². The zero-order valence-electron chi connectivity index (χ0n) is 15.4.